The topological polar surface area (TPSA) is 73.3 Å². The van der Waals surface area contributed by atoms with Gasteiger partial charge in [0.2, 0.25) is 0 Å². The molecule has 0 spiro atoms. The van der Waals surface area contributed by atoms with Crippen molar-refractivity contribution in [2.24, 2.45) is 7.05 Å². The molecule has 5 nitrogen and oxygen atoms in total. The molecule has 6 heteroatoms. The maximum atomic E-state index is 10.0. The fourth-order valence-corrected chi connectivity index (χ4v) is 1.98. The van der Waals surface area contributed by atoms with Gasteiger partial charge in [-0.25, -0.2) is 0 Å². The van der Waals surface area contributed by atoms with Crippen molar-refractivity contribution in [3.05, 3.63) is 22.7 Å². The highest BCUT2D eigenvalue weighted by molar-refractivity contribution is 9.10. The van der Waals surface area contributed by atoms with E-state index in [2.05, 4.69) is 21.0 Å². The summed E-state index contributed by atoms with van der Waals surface area (Å²) in [4.78, 5) is 0. The lowest BCUT2D eigenvalue weighted by molar-refractivity contribution is 0.374. The van der Waals surface area contributed by atoms with E-state index in [1.807, 2.05) is 0 Å². The number of phenolic OH excluding ortho intramolecular Hbond substituents is 1. The van der Waals surface area contributed by atoms with E-state index >= 15 is 0 Å². The third-order valence-electron chi connectivity index (χ3n) is 2.45. The summed E-state index contributed by atoms with van der Waals surface area (Å²) in [6.07, 6.45) is 0. The van der Waals surface area contributed by atoms with E-state index in [1.54, 1.807) is 29.9 Å². The second-order valence-electron chi connectivity index (χ2n) is 3.58. The molecule has 0 radical (unpaired) electrons. The van der Waals surface area contributed by atoms with Crippen LogP contribution in [0.1, 0.15) is 0 Å². The smallest absolute Gasteiger partial charge is 0.167 e. The van der Waals surface area contributed by atoms with Gasteiger partial charge in [-0.1, -0.05) is 15.9 Å². The predicted octanol–water partition coefficient (Wildman–Crippen LogP) is 2.15. The monoisotopic (exact) mass is 297 g/mol. The molecule has 1 aromatic carbocycles. The van der Waals surface area contributed by atoms with Crippen molar-refractivity contribution in [3.63, 3.8) is 0 Å². The largest absolute Gasteiger partial charge is 0.504 e. The summed E-state index contributed by atoms with van der Waals surface area (Å²) < 4.78 is 7.42. The van der Waals surface area contributed by atoms with Crippen LogP contribution in [0.15, 0.2) is 22.7 Å². The second-order valence-corrected chi connectivity index (χ2v) is 4.50. The first-order valence-corrected chi connectivity index (χ1v) is 5.68. The first-order valence-electron chi connectivity index (χ1n) is 4.89. The molecule has 0 atom stereocenters. The maximum absolute atomic E-state index is 10.0. The zero-order valence-electron chi connectivity index (χ0n) is 9.44. The van der Waals surface area contributed by atoms with Crippen LogP contribution < -0.4 is 10.5 Å². The molecule has 0 amide bonds. The summed E-state index contributed by atoms with van der Waals surface area (Å²) in [5, 5.41) is 14.2. The number of anilines is 1. The number of methoxy groups -OCH3 is 1. The van der Waals surface area contributed by atoms with Crippen molar-refractivity contribution in [1.29, 1.82) is 0 Å². The number of aromatic hydroxyl groups is 1. The maximum Gasteiger partial charge on any atom is 0.167 e. The molecule has 17 heavy (non-hydrogen) atoms. The third kappa shape index (κ3) is 2.08. The van der Waals surface area contributed by atoms with Crippen molar-refractivity contribution >= 4 is 21.7 Å². The molecule has 0 saturated heterocycles. The Labute approximate surface area is 107 Å². The fourth-order valence-electron chi connectivity index (χ4n) is 1.54. The number of hydrogen-bond acceptors (Lipinski definition) is 4. The lowest BCUT2D eigenvalue weighted by atomic mass is 10.1. The number of aryl methyl sites for hydroxylation is 1. The van der Waals surface area contributed by atoms with E-state index in [4.69, 9.17) is 10.5 Å². The van der Waals surface area contributed by atoms with E-state index in [0.29, 0.717) is 22.8 Å². The Morgan fingerprint density at radius 2 is 2.12 bits per heavy atom. The summed E-state index contributed by atoms with van der Waals surface area (Å²) in [5.41, 5.74) is 6.88. The van der Waals surface area contributed by atoms with Crippen LogP contribution in [0, 0.1) is 0 Å². The second kappa shape index (κ2) is 4.29. The van der Waals surface area contributed by atoms with Crippen LogP contribution in [0.25, 0.3) is 11.3 Å². The van der Waals surface area contributed by atoms with Crippen LogP contribution in [0.2, 0.25) is 0 Å². The van der Waals surface area contributed by atoms with Gasteiger partial charge in [-0.15, -0.1) is 0 Å². The first-order chi connectivity index (χ1) is 8.02. The number of phenols is 1. The van der Waals surface area contributed by atoms with Crippen molar-refractivity contribution in [2.45, 2.75) is 0 Å². The minimum absolute atomic E-state index is 0.0498. The highest BCUT2D eigenvalue weighted by atomic mass is 79.9. The molecule has 1 aromatic heterocycles. The summed E-state index contributed by atoms with van der Waals surface area (Å²) in [7, 11) is 3.24. The minimum Gasteiger partial charge on any atom is -0.504 e. The van der Waals surface area contributed by atoms with Gasteiger partial charge in [0.15, 0.2) is 11.5 Å². The minimum atomic E-state index is 0.0498. The molecule has 0 saturated carbocycles. The number of benzene rings is 1. The standard InChI is InChI=1S/C11H12BrN3O2/c1-15-10(13)5-8(14-15)7-3-6(12)4-9(17-2)11(7)16/h3-5,16H,13H2,1-2H3. The third-order valence-corrected chi connectivity index (χ3v) is 2.91. The fraction of sp³-hybridized carbons (Fsp3) is 0.182. The van der Waals surface area contributed by atoms with Crippen molar-refractivity contribution in [3.8, 4) is 22.8 Å². The molecule has 2 rings (SSSR count). The number of nitrogens with zero attached hydrogens (tertiary/aromatic N) is 2. The van der Waals surface area contributed by atoms with Gasteiger partial charge >= 0.3 is 0 Å². The normalized spacial score (nSPS) is 10.5. The number of nitrogens with two attached hydrogens (primary N) is 1. The van der Waals surface area contributed by atoms with Crippen LogP contribution in [0.5, 0.6) is 11.5 Å². The molecule has 90 valence electrons. The SMILES string of the molecule is COc1cc(Br)cc(-c2cc(N)n(C)n2)c1O. The van der Waals surface area contributed by atoms with Gasteiger partial charge in [0.1, 0.15) is 5.82 Å². The van der Waals surface area contributed by atoms with Crippen LogP contribution >= 0.6 is 15.9 Å². The first kappa shape index (κ1) is 11.8. The van der Waals surface area contributed by atoms with Gasteiger partial charge in [0.05, 0.1) is 12.8 Å². The molecule has 0 unspecified atom stereocenters. The van der Waals surface area contributed by atoms with E-state index in [9.17, 15) is 5.11 Å². The Balaban J connectivity index is 2.62. The Bertz CT molecular complexity index is 547. The Kier molecular flexibility index (Phi) is 2.97. The summed E-state index contributed by atoms with van der Waals surface area (Å²) in [6.45, 7) is 0. The Morgan fingerprint density at radius 1 is 1.41 bits per heavy atom. The van der Waals surface area contributed by atoms with Crippen molar-refractivity contribution < 1.29 is 9.84 Å². The van der Waals surface area contributed by atoms with Gasteiger partial charge in [-0.3, -0.25) is 4.68 Å². The van der Waals surface area contributed by atoms with Gasteiger partial charge in [0.25, 0.3) is 0 Å². The molecular weight excluding hydrogens is 286 g/mol. The lowest BCUT2D eigenvalue weighted by Gasteiger charge is -2.08. The lowest BCUT2D eigenvalue weighted by Crippen LogP contribution is -1.96. The predicted molar refractivity (Wildman–Crippen MR) is 69.0 cm³/mol. The number of nitrogen functional groups attached to an aromatic ring is 1. The quantitative estimate of drug-likeness (QED) is 0.891. The number of ether oxygens (including phenoxy) is 1. The molecule has 1 heterocycles. The number of rotatable bonds is 2. The van der Waals surface area contributed by atoms with Crippen molar-refractivity contribution in [2.75, 3.05) is 12.8 Å². The highest BCUT2D eigenvalue weighted by Crippen LogP contribution is 2.39. The summed E-state index contributed by atoms with van der Waals surface area (Å²) in [5.74, 6) is 0.964. The molecule has 3 N–H and O–H groups in total. The molecule has 0 fully saturated rings. The van der Waals surface area contributed by atoms with Gasteiger partial charge in [-0.2, -0.15) is 5.10 Å². The van der Waals surface area contributed by atoms with Gasteiger partial charge in [-0.05, 0) is 12.1 Å². The van der Waals surface area contributed by atoms with Crippen molar-refractivity contribution in [1.82, 2.24) is 9.78 Å². The average molecular weight is 298 g/mol. The van der Waals surface area contributed by atoms with E-state index in [1.165, 1.54) is 7.11 Å². The molecule has 2 aromatic rings. The van der Waals surface area contributed by atoms with Crippen LogP contribution in [-0.2, 0) is 7.05 Å². The molecular formula is C11H12BrN3O2. The summed E-state index contributed by atoms with van der Waals surface area (Å²) in [6, 6.07) is 5.14. The summed E-state index contributed by atoms with van der Waals surface area (Å²) >= 11 is 3.35. The Hall–Kier alpha value is -1.69. The average Bonchev–Trinajstić information content (AvgIpc) is 2.62. The van der Waals surface area contributed by atoms with Gasteiger partial charge < -0.3 is 15.6 Å². The van der Waals surface area contributed by atoms with E-state index in [-0.39, 0.29) is 5.75 Å². The number of aromatic nitrogens is 2. The number of hydrogen-bond donors (Lipinski definition) is 2. The van der Waals surface area contributed by atoms with E-state index < -0.39 is 0 Å². The number of halogens is 1. The molecule has 0 bridgehead atoms. The van der Waals surface area contributed by atoms with E-state index in [0.717, 1.165) is 4.47 Å². The molecule has 0 aliphatic heterocycles. The zero-order chi connectivity index (χ0) is 12.6. The van der Waals surface area contributed by atoms with Crippen LogP contribution in [-0.4, -0.2) is 22.0 Å². The van der Waals surface area contributed by atoms with Crippen LogP contribution in [0.4, 0.5) is 5.82 Å². The zero-order valence-corrected chi connectivity index (χ0v) is 11.0. The highest BCUT2D eigenvalue weighted by Gasteiger charge is 2.14. The van der Waals surface area contributed by atoms with Crippen LogP contribution in [0.3, 0.4) is 0 Å². The van der Waals surface area contributed by atoms with Gasteiger partial charge in [0, 0.05) is 23.2 Å². The molecule has 0 aliphatic carbocycles. The Morgan fingerprint density at radius 3 is 2.65 bits per heavy atom. The molecule has 0 aliphatic rings.